The van der Waals surface area contributed by atoms with Crippen LogP contribution in [0.25, 0.3) is 11.0 Å². The van der Waals surface area contributed by atoms with Crippen molar-refractivity contribution < 1.29 is 19.1 Å². The molecule has 2 heterocycles. The molecule has 0 spiro atoms. The predicted octanol–water partition coefficient (Wildman–Crippen LogP) is 2.99. The van der Waals surface area contributed by atoms with Gasteiger partial charge in [-0.25, -0.2) is 4.98 Å². The van der Waals surface area contributed by atoms with Gasteiger partial charge in [0.25, 0.3) is 11.8 Å². The number of carbonyl (C=O) groups is 3. The summed E-state index contributed by atoms with van der Waals surface area (Å²) in [6.45, 7) is 7.72. The van der Waals surface area contributed by atoms with E-state index in [0.717, 1.165) is 5.56 Å². The maximum absolute atomic E-state index is 13.3. The molecule has 7 heteroatoms. The molecule has 2 aromatic rings. The Bertz CT molecular complexity index is 945. The van der Waals surface area contributed by atoms with Crippen LogP contribution in [0.3, 0.4) is 0 Å². The number of ether oxygens (including phenoxy) is 1. The van der Waals surface area contributed by atoms with Crippen molar-refractivity contribution in [2.45, 2.75) is 53.0 Å². The number of Topliss-reactive ketones (excluding diaryl/α,β-unsaturated/α-hetero) is 1. The van der Waals surface area contributed by atoms with Gasteiger partial charge in [0.05, 0.1) is 18.1 Å². The first kappa shape index (κ1) is 20.0. The summed E-state index contributed by atoms with van der Waals surface area (Å²) in [4.78, 5) is 44.5. The van der Waals surface area contributed by atoms with Gasteiger partial charge in [0.2, 0.25) is 5.78 Å². The van der Waals surface area contributed by atoms with E-state index in [9.17, 15) is 14.4 Å². The Labute approximate surface area is 164 Å². The molecule has 1 aliphatic heterocycles. The van der Waals surface area contributed by atoms with Gasteiger partial charge in [-0.2, -0.15) is 0 Å². The molecule has 7 nitrogen and oxygen atoms in total. The average Bonchev–Trinajstić information content (AvgIpc) is 3.33. The van der Waals surface area contributed by atoms with Gasteiger partial charge in [0.1, 0.15) is 18.1 Å². The van der Waals surface area contributed by atoms with Crippen molar-refractivity contribution in [3.63, 3.8) is 0 Å². The summed E-state index contributed by atoms with van der Waals surface area (Å²) in [5.74, 6) is -0.562. The zero-order chi connectivity index (χ0) is 20.6. The third kappa shape index (κ3) is 3.30. The van der Waals surface area contributed by atoms with Crippen LogP contribution in [0.15, 0.2) is 18.5 Å². The highest BCUT2D eigenvalue weighted by molar-refractivity contribution is 6.38. The zero-order valence-electron chi connectivity index (χ0n) is 17.1. The maximum Gasteiger partial charge on any atom is 0.291 e. The molecule has 0 bridgehead atoms. The lowest BCUT2D eigenvalue weighted by Gasteiger charge is -2.27. The van der Waals surface area contributed by atoms with Crippen molar-refractivity contribution >= 4 is 28.6 Å². The lowest BCUT2D eigenvalue weighted by Crippen LogP contribution is -2.48. The quantitative estimate of drug-likeness (QED) is 0.739. The van der Waals surface area contributed by atoms with E-state index in [2.05, 4.69) is 4.98 Å². The molecule has 1 aromatic heterocycles. The van der Waals surface area contributed by atoms with E-state index >= 15 is 0 Å². The first-order valence-corrected chi connectivity index (χ1v) is 9.62. The lowest BCUT2D eigenvalue weighted by molar-refractivity contribution is -0.149. The molecule has 0 aliphatic carbocycles. The molecule has 1 aromatic carbocycles. The van der Waals surface area contributed by atoms with Crippen molar-refractivity contribution in [1.29, 1.82) is 0 Å². The van der Waals surface area contributed by atoms with Crippen molar-refractivity contribution in [1.82, 2.24) is 14.5 Å². The summed E-state index contributed by atoms with van der Waals surface area (Å²) in [6.07, 6.45) is 3.29. The van der Waals surface area contributed by atoms with Crippen LogP contribution >= 0.6 is 0 Å². The number of benzene rings is 1. The lowest BCUT2D eigenvalue weighted by atomic mass is 9.84. The predicted molar refractivity (Wildman–Crippen MR) is 105 cm³/mol. The van der Waals surface area contributed by atoms with Gasteiger partial charge < -0.3 is 9.64 Å². The average molecular weight is 385 g/mol. The van der Waals surface area contributed by atoms with Gasteiger partial charge >= 0.3 is 0 Å². The van der Waals surface area contributed by atoms with Crippen LogP contribution in [-0.4, -0.2) is 51.7 Å². The van der Waals surface area contributed by atoms with E-state index in [-0.39, 0.29) is 5.91 Å². The molecule has 0 saturated carbocycles. The number of aryl methyl sites for hydroxylation is 1. The Balaban J connectivity index is 1.93. The van der Waals surface area contributed by atoms with E-state index in [0.29, 0.717) is 42.6 Å². The molecule has 0 N–H and O–H groups in total. The summed E-state index contributed by atoms with van der Waals surface area (Å²) in [5, 5.41) is 0. The number of aromatic nitrogens is 2. The van der Waals surface area contributed by atoms with Crippen molar-refractivity contribution in [2.75, 3.05) is 13.7 Å². The Morgan fingerprint density at radius 2 is 2.00 bits per heavy atom. The van der Waals surface area contributed by atoms with Gasteiger partial charge in [0.15, 0.2) is 0 Å². The van der Waals surface area contributed by atoms with Crippen LogP contribution < -0.4 is 4.74 Å². The number of rotatable bonds is 5. The minimum absolute atomic E-state index is 0.233. The molecule has 1 atom stereocenters. The number of methoxy groups -OCH3 is 1. The monoisotopic (exact) mass is 385 g/mol. The smallest absolute Gasteiger partial charge is 0.291 e. The Kier molecular flexibility index (Phi) is 5.28. The molecule has 0 radical (unpaired) electrons. The number of nitrogens with zero attached hydrogens (tertiary/aromatic N) is 3. The standard InChI is InChI=1S/C21H27N3O4/c1-6-21(3,4)18(25)20(27)23-9-7-8-16(23)19(26)24-12-22-15-11-14(28-5)10-13(2)17(15)24/h10-12,16H,6-9H2,1-5H3/t16-/m0/s1. The van der Waals surface area contributed by atoms with Crippen molar-refractivity contribution in [3.8, 4) is 5.75 Å². The normalized spacial score (nSPS) is 17.2. The van der Waals surface area contributed by atoms with E-state index in [1.165, 1.54) is 15.8 Å². The maximum atomic E-state index is 13.3. The molecule has 1 saturated heterocycles. The molecule has 0 unspecified atom stereocenters. The third-order valence-electron chi connectivity index (χ3n) is 5.77. The number of amides is 1. The van der Waals surface area contributed by atoms with Gasteiger partial charge in [-0.3, -0.25) is 19.0 Å². The second-order valence-corrected chi connectivity index (χ2v) is 7.99. The second kappa shape index (κ2) is 7.37. The van der Waals surface area contributed by atoms with E-state index in [1.54, 1.807) is 27.0 Å². The first-order valence-electron chi connectivity index (χ1n) is 9.62. The highest BCUT2D eigenvalue weighted by Crippen LogP contribution is 2.28. The minimum atomic E-state index is -0.734. The van der Waals surface area contributed by atoms with Crippen LogP contribution in [0.5, 0.6) is 5.75 Å². The Hall–Kier alpha value is -2.70. The second-order valence-electron chi connectivity index (χ2n) is 7.99. The van der Waals surface area contributed by atoms with Crippen LogP contribution in [0.4, 0.5) is 0 Å². The molecule has 150 valence electrons. The molecule has 28 heavy (non-hydrogen) atoms. The fourth-order valence-corrected chi connectivity index (χ4v) is 3.61. The van der Waals surface area contributed by atoms with Gasteiger partial charge in [-0.15, -0.1) is 0 Å². The summed E-state index contributed by atoms with van der Waals surface area (Å²) < 4.78 is 6.76. The number of imidazole rings is 1. The van der Waals surface area contributed by atoms with Crippen molar-refractivity contribution in [3.05, 3.63) is 24.0 Å². The molecular formula is C21H27N3O4. The summed E-state index contributed by atoms with van der Waals surface area (Å²) in [5.41, 5.74) is 1.48. The van der Waals surface area contributed by atoms with Crippen LogP contribution in [-0.2, 0) is 9.59 Å². The fraction of sp³-hybridized carbons (Fsp3) is 0.524. The number of carbonyl (C=O) groups excluding carboxylic acids is 3. The van der Waals surface area contributed by atoms with Crippen LogP contribution in [0.2, 0.25) is 0 Å². The van der Waals surface area contributed by atoms with E-state index in [4.69, 9.17) is 4.74 Å². The number of fused-ring (bicyclic) bond motifs is 1. The van der Waals surface area contributed by atoms with Gasteiger partial charge in [-0.05, 0) is 37.8 Å². The summed E-state index contributed by atoms with van der Waals surface area (Å²) in [7, 11) is 1.58. The topological polar surface area (TPSA) is 81.5 Å². The van der Waals surface area contributed by atoms with Gasteiger partial charge in [-0.1, -0.05) is 20.8 Å². The van der Waals surface area contributed by atoms with Gasteiger partial charge in [0, 0.05) is 18.0 Å². The molecule has 1 fully saturated rings. The summed E-state index contributed by atoms with van der Waals surface area (Å²) >= 11 is 0. The number of likely N-dealkylation sites (tertiary alicyclic amines) is 1. The molecule has 3 rings (SSSR count). The molecular weight excluding hydrogens is 358 g/mol. The number of hydrogen-bond acceptors (Lipinski definition) is 5. The highest BCUT2D eigenvalue weighted by atomic mass is 16.5. The third-order valence-corrected chi connectivity index (χ3v) is 5.77. The minimum Gasteiger partial charge on any atom is -0.497 e. The number of ketones is 1. The van der Waals surface area contributed by atoms with E-state index < -0.39 is 23.1 Å². The fourth-order valence-electron chi connectivity index (χ4n) is 3.61. The zero-order valence-corrected chi connectivity index (χ0v) is 17.1. The Morgan fingerprint density at radius 3 is 2.64 bits per heavy atom. The summed E-state index contributed by atoms with van der Waals surface area (Å²) in [6, 6.07) is 2.97. The largest absolute Gasteiger partial charge is 0.497 e. The molecule has 1 amide bonds. The first-order chi connectivity index (χ1) is 13.2. The van der Waals surface area contributed by atoms with Crippen LogP contribution in [0.1, 0.15) is 50.4 Å². The SMILES string of the molecule is CCC(C)(C)C(=O)C(=O)N1CCC[C@H]1C(=O)n1cnc2cc(OC)cc(C)c21. The number of hydrogen-bond donors (Lipinski definition) is 0. The van der Waals surface area contributed by atoms with E-state index in [1.807, 2.05) is 19.9 Å². The van der Waals surface area contributed by atoms with Crippen molar-refractivity contribution in [2.24, 2.45) is 5.41 Å². The van der Waals surface area contributed by atoms with Crippen LogP contribution in [0, 0.1) is 12.3 Å². The highest BCUT2D eigenvalue weighted by Gasteiger charge is 2.41. The molecule has 1 aliphatic rings. The Morgan fingerprint density at radius 1 is 1.29 bits per heavy atom.